The molecular formula is C17H26N2O. The molecule has 1 aromatic carbocycles. The van der Waals surface area contributed by atoms with Crippen LogP contribution >= 0.6 is 0 Å². The number of carbonyl (C=O) groups excluding carboxylic acids is 1. The van der Waals surface area contributed by atoms with E-state index in [0.717, 1.165) is 30.8 Å². The summed E-state index contributed by atoms with van der Waals surface area (Å²) in [5, 5.41) is 0. The molecule has 0 atom stereocenters. The third-order valence-electron chi connectivity index (χ3n) is 4.39. The van der Waals surface area contributed by atoms with Crippen LogP contribution in [0.3, 0.4) is 0 Å². The Morgan fingerprint density at radius 3 is 2.50 bits per heavy atom. The molecule has 0 aliphatic carbocycles. The van der Waals surface area contributed by atoms with E-state index in [1.165, 1.54) is 12.8 Å². The van der Waals surface area contributed by atoms with Gasteiger partial charge in [-0.25, -0.2) is 0 Å². The molecule has 1 aliphatic rings. The number of hydrogen-bond donors (Lipinski definition) is 0. The van der Waals surface area contributed by atoms with E-state index in [9.17, 15) is 4.79 Å². The molecule has 0 saturated carbocycles. The van der Waals surface area contributed by atoms with E-state index in [1.807, 2.05) is 31.2 Å². The van der Waals surface area contributed by atoms with Crippen molar-refractivity contribution in [3.05, 3.63) is 35.4 Å². The van der Waals surface area contributed by atoms with Crippen molar-refractivity contribution in [2.45, 2.75) is 32.2 Å². The Morgan fingerprint density at radius 2 is 1.90 bits per heavy atom. The van der Waals surface area contributed by atoms with Crippen molar-refractivity contribution in [1.82, 2.24) is 9.80 Å². The maximum Gasteiger partial charge on any atom is 0.164 e. The molecule has 0 spiro atoms. The van der Waals surface area contributed by atoms with Crippen LogP contribution in [0.5, 0.6) is 0 Å². The monoisotopic (exact) mass is 274 g/mol. The molecule has 0 bridgehead atoms. The van der Waals surface area contributed by atoms with Gasteiger partial charge in [-0.3, -0.25) is 4.79 Å². The molecule has 0 unspecified atom stereocenters. The average Bonchev–Trinajstić information content (AvgIpc) is 2.45. The van der Waals surface area contributed by atoms with Crippen molar-refractivity contribution >= 4 is 5.78 Å². The highest BCUT2D eigenvalue weighted by molar-refractivity contribution is 5.97. The maximum absolute atomic E-state index is 12.2. The fraction of sp³-hybridized carbons (Fsp3) is 0.588. The number of rotatable bonds is 5. The largest absolute Gasteiger partial charge is 0.306 e. The summed E-state index contributed by atoms with van der Waals surface area (Å²) >= 11 is 0. The van der Waals surface area contributed by atoms with Crippen LogP contribution in [0.4, 0.5) is 0 Å². The Balaban J connectivity index is 1.79. The van der Waals surface area contributed by atoms with Crippen LogP contribution in [0.2, 0.25) is 0 Å². The zero-order valence-electron chi connectivity index (χ0n) is 12.9. The number of piperidine rings is 1. The Hall–Kier alpha value is -1.19. The van der Waals surface area contributed by atoms with E-state index in [1.54, 1.807) is 0 Å². The summed E-state index contributed by atoms with van der Waals surface area (Å²) < 4.78 is 0. The lowest BCUT2D eigenvalue weighted by Gasteiger charge is -2.35. The molecule has 3 nitrogen and oxygen atoms in total. The molecule has 0 aromatic heterocycles. The number of carbonyl (C=O) groups is 1. The molecule has 1 heterocycles. The van der Waals surface area contributed by atoms with E-state index in [0.29, 0.717) is 12.5 Å². The first-order valence-corrected chi connectivity index (χ1v) is 7.55. The van der Waals surface area contributed by atoms with E-state index >= 15 is 0 Å². The molecule has 1 aliphatic heterocycles. The van der Waals surface area contributed by atoms with Gasteiger partial charge in [0.05, 0.1) is 0 Å². The standard InChI is InChI=1S/C17H26N2O/c1-14-6-4-5-7-16(14)17(20)10-13-19-11-8-15(9-12-19)18(2)3/h4-7,15H,8-13H2,1-3H3. The third kappa shape index (κ3) is 3.90. The highest BCUT2D eigenvalue weighted by atomic mass is 16.1. The number of aryl methyl sites for hydroxylation is 1. The quantitative estimate of drug-likeness (QED) is 0.771. The first kappa shape index (κ1) is 15.2. The van der Waals surface area contributed by atoms with Crippen LogP contribution in [0, 0.1) is 6.92 Å². The maximum atomic E-state index is 12.2. The van der Waals surface area contributed by atoms with Crippen molar-refractivity contribution in [3.8, 4) is 0 Å². The first-order valence-electron chi connectivity index (χ1n) is 7.55. The van der Waals surface area contributed by atoms with Crippen LogP contribution in [-0.4, -0.2) is 55.4 Å². The predicted octanol–water partition coefficient (Wildman–Crippen LogP) is 2.59. The van der Waals surface area contributed by atoms with Crippen LogP contribution in [0.25, 0.3) is 0 Å². The van der Waals surface area contributed by atoms with Gasteiger partial charge in [0, 0.05) is 24.6 Å². The fourth-order valence-electron chi connectivity index (χ4n) is 2.94. The van der Waals surface area contributed by atoms with Gasteiger partial charge in [-0.1, -0.05) is 24.3 Å². The summed E-state index contributed by atoms with van der Waals surface area (Å²) in [5.74, 6) is 0.276. The number of Topliss-reactive ketones (excluding diaryl/α,β-unsaturated/α-hetero) is 1. The first-order chi connectivity index (χ1) is 9.58. The van der Waals surface area contributed by atoms with Crippen molar-refractivity contribution in [3.63, 3.8) is 0 Å². The molecule has 1 fully saturated rings. The normalized spacial score (nSPS) is 17.6. The average molecular weight is 274 g/mol. The van der Waals surface area contributed by atoms with Crippen LogP contribution in [0.15, 0.2) is 24.3 Å². The number of benzene rings is 1. The van der Waals surface area contributed by atoms with Gasteiger partial charge in [0.1, 0.15) is 0 Å². The molecule has 1 saturated heterocycles. The zero-order chi connectivity index (χ0) is 14.5. The number of likely N-dealkylation sites (tertiary alicyclic amines) is 1. The van der Waals surface area contributed by atoms with Gasteiger partial charge in [-0.05, 0) is 52.5 Å². The number of ketones is 1. The highest BCUT2D eigenvalue weighted by Crippen LogP contribution is 2.15. The fourth-order valence-corrected chi connectivity index (χ4v) is 2.94. The molecule has 2 rings (SSSR count). The van der Waals surface area contributed by atoms with E-state index < -0.39 is 0 Å². The Labute approximate surface area is 122 Å². The van der Waals surface area contributed by atoms with Crippen LogP contribution < -0.4 is 0 Å². The molecule has 0 amide bonds. The van der Waals surface area contributed by atoms with Gasteiger partial charge in [-0.15, -0.1) is 0 Å². The molecule has 20 heavy (non-hydrogen) atoms. The molecule has 110 valence electrons. The second-order valence-corrected chi connectivity index (χ2v) is 6.02. The summed E-state index contributed by atoms with van der Waals surface area (Å²) in [7, 11) is 4.31. The van der Waals surface area contributed by atoms with Crippen molar-refractivity contribution in [1.29, 1.82) is 0 Å². The SMILES string of the molecule is Cc1ccccc1C(=O)CCN1CCC(N(C)C)CC1. The lowest BCUT2D eigenvalue weighted by Crippen LogP contribution is -2.42. The minimum atomic E-state index is 0.276. The van der Waals surface area contributed by atoms with Gasteiger partial charge < -0.3 is 9.80 Å². The van der Waals surface area contributed by atoms with Crippen LogP contribution in [-0.2, 0) is 0 Å². The molecular weight excluding hydrogens is 248 g/mol. The summed E-state index contributed by atoms with van der Waals surface area (Å²) in [4.78, 5) is 17.0. The Bertz CT molecular complexity index is 448. The summed E-state index contributed by atoms with van der Waals surface area (Å²) in [6.07, 6.45) is 3.06. The number of hydrogen-bond acceptors (Lipinski definition) is 3. The Morgan fingerprint density at radius 1 is 1.25 bits per heavy atom. The molecule has 0 N–H and O–H groups in total. The van der Waals surface area contributed by atoms with E-state index in [4.69, 9.17) is 0 Å². The van der Waals surface area contributed by atoms with Crippen molar-refractivity contribution in [2.75, 3.05) is 33.7 Å². The topological polar surface area (TPSA) is 23.6 Å². The zero-order valence-corrected chi connectivity index (χ0v) is 12.9. The van der Waals surface area contributed by atoms with Gasteiger partial charge >= 0.3 is 0 Å². The summed E-state index contributed by atoms with van der Waals surface area (Å²) in [5.41, 5.74) is 1.97. The lowest BCUT2D eigenvalue weighted by molar-refractivity contribution is 0.0939. The van der Waals surface area contributed by atoms with Crippen molar-refractivity contribution < 1.29 is 4.79 Å². The second-order valence-electron chi connectivity index (χ2n) is 6.02. The van der Waals surface area contributed by atoms with Crippen LogP contribution in [0.1, 0.15) is 35.2 Å². The van der Waals surface area contributed by atoms with Gasteiger partial charge in [0.15, 0.2) is 5.78 Å². The van der Waals surface area contributed by atoms with E-state index in [2.05, 4.69) is 23.9 Å². The Kier molecular flexibility index (Phi) is 5.32. The highest BCUT2D eigenvalue weighted by Gasteiger charge is 2.21. The van der Waals surface area contributed by atoms with E-state index in [-0.39, 0.29) is 5.78 Å². The molecule has 3 heteroatoms. The summed E-state index contributed by atoms with van der Waals surface area (Å²) in [6.45, 7) is 5.14. The van der Waals surface area contributed by atoms with Crippen molar-refractivity contribution in [2.24, 2.45) is 0 Å². The number of nitrogens with zero attached hydrogens (tertiary/aromatic N) is 2. The molecule has 1 aromatic rings. The predicted molar refractivity (Wildman–Crippen MR) is 83.3 cm³/mol. The smallest absolute Gasteiger partial charge is 0.164 e. The minimum Gasteiger partial charge on any atom is -0.306 e. The lowest BCUT2D eigenvalue weighted by atomic mass is 10.0. The van der Waals surface area contributed by atoms with Gasteiger partial charge in [0.2, 0.25) is 0 Å². The second kappa shape index (κ2) is 7.00. The summed E-state index contributed by atoms with van der Waals surface area (Å²) in [6, 6.07) is 8.59. The third-order valence-corrected chi connectivity index (χ3v) is 4.39. The molecule has 0 radical (unpaired) electrons. The van der Waals surface area contributed by atoms with Gasteiger partial charge in [0.25, 0.3) is 0 Å². The minimum absolute atomic E-state index is 0.276. The van der Waals surface area contributed by atoms with Gasteiger partial charge in [-0.2, -0.15) is 0 Å².